The summed E-state index contributed by atoms with van der Waals surface area (Å²) in [5.74, 6) is 0. The molecule has 2 rings (SSSR count). The van der Waals surface area contributed by atoms with Gasteiger partial charge in [0.05, 0.1) is 18.1 Å². The van der Waals surface area contributed by atoms with Crippen molar-refractivity contribution in [3.8, 4) is 0 Å². The Morgan fingerprint density at radius 2 is 1.50 bits per heavy atom. The molecule has 0 aliphatic heterocycles. The molecule has 0 fully saturated rings. The summed E-state index contributed by atoms with van der Waals surface area (Å²) < 4.78 is 24.5. The highest BCUT2D eigenvalue weighted by Gasteiger charge is 2.04. The van der Waals surface area contributed by atoms with E-state index in [-0.39, 0.29) is 0 Å². The molecule has 0 saturated heterocycles. The van der Waals surface area contributed by atoms with Gasteiger partial charge in [0.2, 0.25) is 10.0 Å². The molecule has 3 N–H and O–H groups in total. The van der Waals surface area contributed by atoms with Crippen LogP contribution in [0.2, 0.25) is 0 Å². The molecule has 1 aromatic heterocycles. The van der Waals surface area contributed by atoms with E-state index in [2.05, 4.69) is 20.3 Å². The monoisotopic (exact) mass is 320 g/mol. The Bertz CT molecular complexity index is 756. The van der Waals surface area contributed by atoms with Gasteiger partial charge in [0, 0.05) is 17.1 Å². The number of nitrogens with one attached hydrogen (secondary N) is 3. The average Bonchev–Trinajstić information content (AvgIpc) is 2.42. The lowest BCUT2D eigenvalue weighted by atomic mass is 10.3. The van der Waals surface area contributed by atoms with Gasteiger partial charge < -0.3 is 10.6 Å². The van der Waals surface area contributed by atoms with E-state index in [1.54, 1.807) is 42.6 Å². The van der Waals surface area contributed by atoms with Crippen LogP contribution in [0.5, 0.6) is 0 Å². The zero-order chi connectivity index (χ0) is 16.2. The number of nitrogens with zero attached hydrogens (tertiary/aromatic N) is 1. The summed E-state index contributed by atoms with van der Waals surface area (Å²) in [6, 6.07) is 9.45. The van der Waals surface area contributed by atoms with Crippen LogP contribution < -0.4 is 15.4 Å². The topological polar surface area (TPSA) is 100 Å². The maximum absolute atomic E-state index is 11.8. The molecule has 0 aliphatic rings. The summed E-state index contributed by atoms with van der Waals surface area (Å²) in [5.41, 5.74) is 2.41. The third kappa shape index (κ3) is 5.06. The Morgan fingerprint density at radius 1 is 0.955 bits per heavy atom. The minimum atomic E-state index is -3.31. The van der Waals surface area contributed by atoms with Crippen LogP contribution in [-0.4, -0.2) is 25.7 Å². The van der Waals surface area contributed by atoms with Gasteiger partial charge in [-0.25, -0.2) is 13.2 Å². The fourth-order valence-corrected chi connectivity index (χ4v) is 2.24. The molecule has 7 nitrogen and oxygen atoms in total. The maximum atomic E-state index is 11.8. The number of aromatic nitrogens is 1. The average molecular weight is 320 g/mol. The van der Waals surface area contributed by atoms with Crippen LogP contribution in [0.1, 0.15) is 5.69 Å². The third-order valence-electron chi connectivity index (χ3n) is 2.62. The van der Waals surface area contributed by atoms with Crippen molar-refractivity contribution in [3.05, 3.63) is 48.3 Å². The number of amides is 2. The van der Waals surface area contributed by atoms with Gasteiger partial charge in [-0.05, 0) is 43.3 Å². The van der Waals surface area contributed by atoms with Crippen molar-refractivity contribution in [3.63, 3.8) is 0 Å². The quantitative estimate of drug-likeness (QED) is 0.805. The zero-order valence-corrected chi connectivity index (χ0v) is 12.9. The lowest BCUT2D eigenvalue weighted by Gasteiger charge is -2.09. The first kappa shape index (κ1) is 15.8. The van der Waals surface area contributed by atoms with E-state index in [9.17, 15) is 13.2 Å². The Morgan fingerprint density at radius 3 is 2.05 bits per heavy atom. The Hall–Kier alpha value is -2.61. The molecule has 8 heteroatoms. The lowest BCUT2D eigenvalue weighted by Crippen LogP contribution is -2.19. The summed E-state index contributed by atoms with van der Waals surface area (Å²) in [6.45, 7) is 1.86. The normalized spacial score (nSPS) is 10.8. The first-order chi connectivity index (χ1) is 10.3. The number of urea groups is 1. The van der Waals surface area contributed by atoms with Gasteiger partial charge in [-0.1, -0.05) is 0 Å². The number of sulfonamides is 1. The molecule has 22 heavy (non-hydrogen) atoms. The molecule has 0 saturated carbocycles. The summed E-state index contributed by atoms with van der Waals surface area (Å²) >= 11 is 0. The molecule has 0 spiro atoms. The standard InChI is InChI=1S/C14H16N4O3S/c1-10-3-4-13(9-15-10)17-14(19)16-11-5-7-12(8-6-11)18-22(2,20)21/h3-9,18H,1-2H3,(H2,16,17,19). The molecule has 1 heterocycles. The largest absolute Gasteiger partial charge is 0.323 e. The second kappa shape index (κ2) is 6.44. The zero-order valence-electron chi connectivity index (χ0n) is 12.1. The van der Waals surface area contributed by atoms with Crippen molar-refractivity contribution in [1.82, 2.24) is 4.98 Å². The van der Waals surface area contributed by atoms with Gasteiger partial charge in [0.1, 0.15) is 0 Å². The molecule has 116 valence electrons. The molecule has 1 aromatic carbocycles. The molecule has 2 aromatic rings. The summed E-state index contributed by atoms with van der Waals surface area (Å²) in [7, 11) is -3.31. The molecule has 0 aliphatic carbocycles. The van der Waals surface area contributed by atoms with E-state index in [4.69, 9.17) is 0 Å². The van der Waals surface area contributed by atoms with E-state index < -0.39 is 16.1 Å². The molecular weight excluding hydrogens is 304 g/mol. The molecular formula is C14H16N4O3S. The van der Waals surface area contributed by atoms with Crippen LogP contribution >= 0.6 is 0 Å². The summed E-state index contributed by atoms with van der Waals surface area (Å²) in [4.78, 5) is 15.9. The van der Waals surface area contributed by atoms with Gasteiger partial charge in [0.25, 0.3) is 0 Å². The van der Waals surface area contributed by atoms with E-state index in [0.717, 1.165) is 11.9 Å². The van der Waals surface area contributed by atoms with E-state index in [1.165, 1.54) is 0 Å². The van der Waals surface area contributed by atoms with Crippen LogP contribution in [0.4, 0.5) is 21.9 Å². The molecule has 0 atom stereocenters. The summed E-state index contributed by atoms with van der Waals surface area (Å²) in [6.07, 6.45) is 2.64. The van der Waals surface area contributed by atoms with Gasteiger partial charge in [-0.2, -0.15) is 0 Å². The van der Waals surface area contributed by atoms with Crippen molar-refractivity contribution >= 4 is 33.1 Å². The van der Waals surface area contributed by atoms with Crippen LogP contribution in [0, 0.1) is 6.92 Å². The molecule has 2 amide bonds. The molecule has 0 unspecified atom stereocenters. The fourth-order valence-electron chi connectivity index (χ4n) is 1.67. The highest BCUT2D eigenvalue weighted by molar-refractivity contribution is 7.92. The first-order valence-corrected chi connectivity index (χ1v) is 8.29. The van der Waals surface area contributed by atoms with Crippen LogP contribution in [-0.2, 0) is 10.0 Å². The second-order valence-corrected chi connectivity index (χ2v) is 6.47. The lowest BCUT2D eigenvalue weighted by molar-refractivity contribution is 0.262. The van der Waals surface area contributed by atoms with Crippen molar-refractivity contribution < 1.29 is 13.2 Å². The first-order valence-electron chi connectivity index (χ1n) is 6.40. The Labute approximate surface area is 128 Å². The molecule has 0 radical (unpaired) electrons. The predicted molar refractivity (Wildman–Crippen MR) is 86.5 cm³/mol. The van der Waals surface area contributed by atoms with Crippen LogP contribution in [0.3, 0.4) is 0 Å². The Balaban J connectivity index is 1.95. The van der Waals surface area contributed by atoms with Crippen LogP contribution in [0.15, 0.2) is 42.6 Å². The minimum absolute atomic E-state index is 0.408. The fraction of sp³-hybridized carbons (Fsp3) is 0.143. The number of carbonyl (C=O) groups excluding carboxylic acids is 1. The van der Waals surface area contributed by atoms with Crippen molar-refractivity contribution in [2.45, 2.75) is 6.92 Å². The number of hydrogen-bond acceptors (Lipinski definition) is 4. The van der Waals surface area contributed by atoms with Crippen molar-refractivity contribution in [2.24, 2.45) is 0 Å². The van der Waals surface area contributed by atoms with Gasteiger partial charge in [0.15, 0.2) is 0 Å². The minimum Gasteiger partial charge on any atom is -0.308 e. The van der Waals surface area contributed by atoms with E-state index in [0.29, 0.717) is 17.1 Å². The highest BCUT2D eigenvalue weighted by Crippen LogP contribution is 2.15. The maximum Gasteiger partial charge on any atom is 0.323 e. The number of aryl methyl sites for hydroxylation is 1. The summed E-state index contributed by atoms with van der Waals surface area (Å²) in [5, 5.41) is 5.29. The van der Waals surface area contributed by atoms with E-state index in [1.807, 2.05) is 6.92 Å². The molecule has 0 bridgehead atoms. The number of benzene rings is 1. The second-order valence-electron chi connectivity index (χ2n) is 4.72. The smallest absolute Gasteiger partial charge is 0.308 e. The van der Waals surface area contributed by atoms with Crippen molar-refractivity contribution in [1.29, 1.82) is 0 Å². The SMILES string of the molecule is Cc1ccc(NC(=O)Nc2ccc(NS(C)(=O)=O)cc2)cn1. The van der Waals surface area contributed by atoms with E-state index >= 15 is 0 Å². The van der Waals surface area contributed by atoms with Gasteiger partial charge in [-0.3, -0.25) is 9.71 Å². The number of carbonyl (C=O) groups is 1. The number of rotatable bonds is 4. The highest BCUT2D eigenvalue weighted by atomic mass is 32.2. The van der Waals surface area contributed by atoms with Gasteiger partial charge in [-0.15, -0.1) is 0 Å². The third-order valence-corrected chi connectivity index (χ3v) is 3.22. The number of pyridine rings is 1. The number of hydrogen-bond donors (Lipinski definition) is 3. The number of anilines is 3. The van der Waals surface area contributed by atoms with Crippen LogP contribution in [0.25, 0.3) is 0 Å². The van der Waals surface area contributed by atoms with Crippen molar-refractivity contribution in [2.75, 3.05) is 21.6 Å². The Kier molecular flexibility index (Phi) is 4.62. The van der Waals surface area contributed by atoms with Gasteiger partial charge >= 0.3 is 6.03 Å². The predicted octanol–water partition coefficient (Wildman–Crippen LogP) is 2.41.